The fourth-order valence-corrected chi connectivity index (χ4v) is 2.51. The summed E-state index contributed by atoms with van der Waals surface area (Å²) in [5.74, 6) is -3.34. The van der Waals surface area contributed by atoms with Crippen molar-refractivity contribution >= 4 is 23.3 Å². The van der Waals surface area contributed by atoms with Gasteiger partial charge in [-0.05, 0) is 24.3 Å². The minimum absolute atomic E-state index is 0.0758. The van der Waals surface area contributed by atoms with E-state index in [4.69, 9.17) is 4.84 Å². The molecule has 1 aliphatic heterocycles. The van der Waals surface area contributed by atoms with Crippen LogP contribution in [0.5, 0.6) is 0 Å². The number of pyridine rings is 1. The van der Waals surface area contributed by atoms with Crippen LogP contribution in [0.3, 0.4) is 0 Å². The first-order chi connectivity index (χ1) is 11.6. The van der Waals surface area contributed by atoms with Gasteiger partial charge < -0.3 is 4.84 Å². The maximum absolute atomic E-state index is 13.6. The molecule has 8 heteroatoms. The molecule has 4 rings (SSSR count). The van der Waals surface area contributed by atoms with Crippen molar-refractivity contribution in [3.8, 4) is 0 Å². The number of rotatable bonds is 2. The summed E-state index contributed by atoms with van der Waals surface area (Å²) < 4.78 is 14.8. The van der Waals surface area contributed by atoms with E-state index in [1.54, 1.807) is 12.1 Å². The predicted octanol–water partition coefficient (Wildman–Crippen LogP) is 1.84. The monoisotopic (exact) mass is 325 g/mol. The zero-order chi connectivity index (χ0) is 16.8. The van der Waals surface area contributed by atoms with Gasteiger partial charge in [-0.2, -0.15) is 0 Å². The number of aromatic nitrogens is 2. The third-order valence-electron chi connectivity index (χ3n) is 3.63. The Morgan fingerprint density at radius 3 is 2.38 bits per heavy atom. The molecule has 0 fully saturated rings. The van der Waals surface area contributed by atoms with Crippen molar-refractivity contribution in [3.63, 3.8) is 0 Å². The second-order valence-electron chi connectivity index (χ2n) is 5.02. The molecule has 0 radical (unpaired) electrons. The predicted molar refractivity (Wildman–Crippen MR) is 77.5 cm³/mol. The first-order valence-electron chi connectivity index (χ1n) is 6.89. The lowest BCUT2D eigenvalue weighted by Crippen LogP contribution is -2.33. The van der Waals surface area contributed by atoms with E-state index in [9.17, 15) is 18.8 Å². The maximum atomic E-state index is 13.6. The van der Waals surface area contributed by atoms with E-state index >= 15 is 0 Å². The first kappa shape index (κ1) is 14.1. The van der Waals surface area contributed by atoms with Crippen molar-refractivity contribution in [3.05, 3.63) is 71.6 Å². The lowest BCUT2D eigenvalue weighted by Gasteiger charge is -2.11. The van der Waals surface area contributed by atoms with Crippen LogP contribution < -0.4 is 0 Å². The van der Waals surface area contributed by atoms with Gasteiger partial charge in [0.15, 0.2) is 0 Å². The molecule has 118 valence electrons. The lowest BCUT2D eigenvalue weighted by molar-refractivity contribution is -0.0593. The zero-order valence-electron chi connectivity index (χ0n) is 12.0. The molecule has 3 heterocycles. The minimum atomic E-state index is -1.05. The Kier molecular flexibility index (Phi) is 2.92. The van der Waals surface area contributed by atoms with Gasteiger partial charge in [0.05, 0.1) is 17.3 Å². The number of benzene rings is 1. The van der Waals surface area contributed by atoms with E-state index in [0.717, 1.165) is 6.20 Å². The summed E-state index contributed by atoms with van der Waals surface area (Å²) in [5, 5.41) is 0.382. The fourth-order valence-electron chi connectivity index (χ4n) is 2.51. The van der Waals surface area contributed by atoms with Crippen molar-refractivity contribution in [2.75, 3.05) is 0 Å². The molecule has 0 aliphatic carbocycles. The summed E-state index contributed by atoms with van der Waals surface area (Å²) in [6.07, 6.45) is 2.58. The lowest BCUT2D eigenvalue weighted by atomic mass is 10.1. The molecule has 2 aromatic heterocycles. The largest absolute Gasteiger partial charge is 0.399 e. The average molecular weight is 325 g/mol. The van der Waals surface area contributed by atoms with Gasteiger partial charge in [0, 0.05) is 6.20 Å². The minimum Gasteiger partial charge on any atom is -0.321 e. The van der Waals surface area contributed by atoms with Crippen molar-refractivity contribution < 1.29 is 23.6 Å². The number of hydrogen-bond donors (Lipinski definition) is 0. The van der Waals surface area contributed by atoms with Crippen LogP contribution in [-0.4, -0.2) is 32.2 Å². The summed E-state index contributed by atoms with van der Waals surface area (Å²) in [7, 11) is 0. The molecule has 0 atom stereocenters. The highest BCUT2D eigenvalue weighted by Crippen LogP contribution is 2.23. The highest BCUT2D eigenvalue weighted by atomic mass is 19.1. The van der Waals surface area contributed by atoms with Crippen molar-refractivity contribution in [2.45, 2.75) is 0 Å². The standard InChI is InChI=1S/C16H8FN3O4/c17-11-6-3-7-19-12(11)8-18-13(19)16(23)24-20-14(21)9-4-1-2-5-10(9)15(20)22/h1-8H. The molecule has 1 aromatic carbocycles. The van der Waals surface area contributed by atoms with E-state index in [0.29, 0.717) is 5.06 Å². The molecule has 0 saturated heterocycles. The number of amides is 2. The fraction of sp³-hybridized carbons (Fsp3) is 0. The maximum Gasteiger partial charge on any atom is 0.399 e. The Morgan fingerprint density at radius 2 is 1.71 bits per heavy atom. The second kappa shape index (κ2) is 4.98. The third kappa shape index (κ3) is 1.89. The quantitative estimate of drug-likeness (QED) is 0.672. The molecule has 24 heavy (non-hydrogen) atoms. The number of imidazole rings is 1. The Hall–Kier alpha value is -3.55. The van der Waals surface area contributed by atoms with Crippen LogP contribution in [0.25, 0.3) is 5.52 Å². The van der Waals surface area contributed by atoms with Crippen LogP contribution in [0.2, 0.25) is 0 Å². The summed E-state index contributed by atoms with van der Waals surface area (Å²) >= 11 is 0. The SMILES string of the molecule is O=C(ON1C(=O)c2ccccc2C1=O)c1ncc2c(F)cccn12. The van der Waals surface area contributed by atoms with E-state index in [2.05, 4.69) is 4.98 Å². The molecule has 0 bridgehead atoms. The molecular formula is C16H8FN3O4. The third-order valence-corrected chi connectivity index (χ3v) is 3.63. The number of nitrogens with zero attached hydrogens (tertiary/aromatic N) is 3. The Balaban J connectivity index is 1.67. The van der Waals surface area contributed by atoms with Gasteiger partial charge in [0.25, 0.3) is 11.8 Å². The van der Waals surface area contributed by atoms with E-state index in [1.807, 2.05) is 0 Å². The zero-order valence-corrected chi connectivity index (χ0v) is 12.0. The van der Waals surface area contributed by atoms with Crippen LogP contribution in [0, 0.1) is 5.82 Å². The van der Waals surface area contributed by atoms with Gasteiger partial charge in [-0.15, -0.1) is 0 Å². The number of imide groups is 1. The van der Waals surface area contributed by atoms with Gasteiger partial charge in [0.2, 0.25) is 5.82 Å². The van der Waals surface area contributed by atoms with Gasteiger partial charge in [-0.1, -0.05) is 17.2 Å². The molecule has 2 amide bonds. The Morgan fingerprint density at radius 1 is 1.04 bits per heavy atom. The van der Waals surface area contributed by atoms with Crippen LogP contribution in [0.4, 0.5) is 4.39 Å². The van der Waals surface area contributed by atoms with Crippen molar-refractivity contribution in [1.29, 1.82) is 0 Å². The van der Waals surface area contributed by atoms with Gasteiger partial charge in [0.1, 0.15) is 11.3 Å². The Bertz CT molecular complexity index is 992. The molecule has 0 saturated carbocycles. The molecule has 0 unspecified atom stereocenters. The van der Waals surface area contributed by atoms with Crippen LogP contribution in [-0.2, 0) is 4.84 Å². The normalized spacial score (nSPS) is 13.5. The van der Waals surface area contributed by atoms with Crippen LogP contribution in [0.15, 0.2) is 48.8 Å². The molecule has 0 N–H and O–H groups in total. The smallest absolute Gasteiger partial charge is 0.321 e. The Labute approximate surface area is 133 Å². The highest BCUT2D eigenvalue weighted by Gasteiger charge is 2.39. The van der Waals surface area contributed by atoms with E-state index in [1.165, 1.54) is 34.9 Å². The van der Waals surface area contributed by atoms with Crippen LogP contribution in [0.1, 0.15) is 31.3 Å². The number of hydroxylamine groups is 2. The number of hydrogen-bond acceptors (Lipinski definition) is 5. The van der Waals surface area contributed by atoms with Gasteiger partial charge in [-0.25, -0.2) is 14.2 Å². The van der Waals surface area contributed by atoms with Gasteiger partial charge >= 0.3 is 5.97 Å². The topological polar surface area (TPSA) is 81.0 Å². The molecular weight excluding hydrogens is 317 g/mol. The van der Waals surface area contributed by atoms with Crippen molar-refractivity contribution in [1.82, 2.24) is 14.4 Å². The molecule has 1 aliphatic rings. The average Bonchev–Trinajstić information content (AvgIpc) is 3.12. The first-order valence-corrected chi connectivity index (χ1v) is 6.89. The number of halogens is 1. The summed E-state index contributed by atoms with van der Waals surface area (Å²) in [6, 6.07) is 8.73. The number of carbonyl (C=O) groups excluding carboxylic acids is 3. The summed E-state index contributed by atoms with van der Waals surface area (Å²) in [4.78, 5) is 45.3. The molecule has 0 spiro atoms. The second-order valence-corrected chi connectivity index (χ2v) is 5.02. The van der Waals surface area contributed by atoms with E-state index < -0.39 is 23.6 Å². The number of fused-ring (bicyclic) bond motifs is 2. The number of carbonyl (C=O) groups is 3. The summed E-state index contributed by atoms with van der Waals surface area (Å²) in [5.41, 5.74) is 0.371. The van der Waals surface area contributed by atoms with Crippen molar-refractivity contribution in [2.24, 2.45) is 0 Å². The van der Waals surface area contributed by atoms with E-state index in [-0.39, 0.29) is 22.5 Å². The molecule has 7 nitrogen and oxygen atoms in total. The highest BCUT2D eigenvalue weighted by molar-refractivity contribution is 6.21. The molecule has 3 aromatic rings. The van der Waals surface area contributed by atoms with Gasteiger partial charge in [-0.3, -0.25) is 14.0 Å². The summed E-state index contributed by atoms with van der Waals surface area (Å²) in [6.45, 7) is 0. The van der Waals surface area contributed by atoms with Crippen LogP contribution >= 0.6 is 0 Å².